The molecule has 0 spiro atoms. The molecule has 276 valence electrons. The van der Waals surface area contributed by atoms with E-state index in [9.17, 15) is 9.59 Å². The molecule has 1 aliphatic heterocycles. The number of nitrogens with one attached hydrogen (secondary N) is 2. The molecule has 0 unspecified atom stereocenters. The lowest BCUT2D eigenvalue weighted by atomic mass is 10.1. The van der Waals surface area contributed by atoms with E-state index in [0.717, 1.165) is 55.8 Å². The zero-order valence-electron chi connectivity index (χ0n) is 30.9. The van der Waals surface area contributed by atoms with Gasteiger partial charge in [-0.15, -0.1) is 0 Å². The summed E-state index contributed by atoms with van der Waals surface area (Å²) in [4.78, 5) is 41.7. The fourth-order valence-corrected chi connectivity index (χ4v) is 6.08. The molecule has 3 aromatic carbocycles. The van der Waals surface area contributed by atoms with Crippen LogP contribution >= 0.6 is 0 Å². The Hall–Kier alpha value is -5.07. The summed E-state index contributed by atoms with van der Waals surface area (Å²) in [5.74, 6) is -0.129. The van der Waals surface area contributed by atoms with Crippen LogP contribution in [0.15, 0.2) is 66.9 Å². The summed E-state index contributed by atoms with van der Waals surface area (Å²) in [6.45, 7) is 14.6. The van der Waals surface area contributed by atoms with Gasteiger partial charge in [-0.2, -0.15) is 4.98 Å². The molecule has 1 aromatic heterocycles. The van der Waals surface area contributed by atoms with Gasteiger partial charge in [0.2, 0.25) is 17.7 Å². The summed E-state index contributed by atoms with van der Waals surface area (Å²) >= 11 is 0. The standard InChI is InChI=1S/C40H50FN7O4/c1-6-48(7-2)36(49)18-15-30-13-9-14-32(25-30)52-39-33(38(50)44-37-28(3)11-8-12-29(37)4)27-42-40(45-39)43-31-16-17-35(34(41)26-31)51-24-10-19-47-22-20-46(5)21-23-47/h8-9,11-14,16-17,25-27H,6-7,10,15,18-24H2,1-5H3,(H,44,50)(H,42,43,45). The molecule has 2 amide bonds. The molecular weight excluding hydrogens is 661 g/mol. The summed E-state index contributed by atoms with van der Waals surface area (Å²) in [6.07, 6.45) is 3.09. The van der Waals surface area contributed by atoms with Crippen LogP contribution in [0.4, 0.5) is 21.7 Å². The van der Waals surface area contributed by atoms with Crippen LogP contribution in [-0.4, -0.2) is 95.9 Å². The van der Waals surface area contributed by atoms with Crippen LogP contribution in [0, 0.1) is 19.7 Å². The number of hydrogen-bond acceptors (Lipinski definition) is 9. The Morgan fingerprint density at radius 2 is 1.69 bits per heavy atom. The molecule has 0 bridgehead atoms. The van der Waals surface area contributed by atoms with Gasteiger partial charge >= 0.3 is 0 Å². The molecular formula is C40H50FN7O4. The lowest BCUT2D eigenvalue weighted by molar-refractivity contribution is -0.130. The predicted octanol–water partition coefficient (Wildman–Crippen LogP) is 6.84. The van der Waals surface area contributed by atoms with E-state index in [0.29, 0.717) is 49.7 Å². The normalized spacial score (nSPS) is 13.4. The van der Waals surface area contributed by atoms with Gasteiger partial charge in [0.1, 0.15) is 11.3 Å². The third-order valence-corrected chi connectivity index (χ3v) is 9.23. The highest BCUT2D eigenvalue weighted by atomic mass is 19.1. The third-order valence-electron chi connectivity index (χ3n) is 9.23. The molecule has 4 aromatic rings. The van der Waals surface area contributed by atoms with Crippen molar-refractivity contribution in [1.82, 2.24) is 24.7 Å². The Morgan fingerprint density at radius 1 is 0.962 bits per heavy atom. The molecule has 2 heterocycles. The first-order chi connectivity index (χ1) is 25.1. The van der Waals surface area contributed by atoms with Gasteiger partial charge in [0, 0.05) is 75.9 Å². The van der Waals surface area contributed by atoms with Gasteiger partial charge in [-0.3, -0.25) is 9.59 Å². The number of aryl methyl sites for hydroxylation is 3. The number of halogens is 1. The second-order valence-corrected chi connectivity index (χ2v) is 13.1. The molecule has 1 fully saturated rings. The summed E-state index contributed by atoms with van der Waals surface area (Å²) in [5.41, 5.74) is 3.93. The van der Waals surface area contributed by atoms with Gasteiger partial charge in [-0.1, -0.05) is 30.3 Å². The highest BCUT2D eigenvalue weighted by Gasteiger charge is 2.20. The smallest absolute Gasteiger partial charge is 0.262 e. The van der Waals surface area contributed by atoms with Gasteiger partial charge in [0.15, 0.2) is 11.6 Å². The maximum Gasteiger partial charge on any atom is 0.262 e. The fourth-order valence-electron chi connectivity index (χ4n) is 6.08. The van der Waals surface area contributed by atoms with E-state index in [4.69, 9.17) is 9.47 Å². The van der Waals surface area contributed by atoms with Crippen LogP contribution in [0.25, 0.3) is 0 Å². The number of carbonyl (C=O) groups is 2. The number of nitrogens with zero attached hydrogens (tertiary/aromatic N) is 5. The average molecular weight is 712 g/mol. The maximum atomic E-state index is 15.1. The molecule has 1 aliphatic rings. The van der Waals surface area contributed by atoms with E-state index in [1.54, 1.807) is 23.1 Å². The number of aromatic nitrogens is 2. The van der Waals surface area contributed by atoms with E-state index in [2.05, 4.69) is 37.4 Å². The molecule has 0 radical (unpaired) electrons. The highest BCUT2D eigenvalue weighted by molar-refractivity contribution is 6.06. The second-order valence-electron chi connectivity index (χ2n) is 13.1. The lowest BCUT2D eigenvalue weighted by Crippen LogP contribution is -2.44. The van der Waals surface area contributed by atoms with E-state index < -0.39 is 11.7 Å². The number of hydrogen-bond donors (Lipinski definition) is 2. The predicted molar refractivity (Wildman–Crippen MR) is 202 cm³/mol. The minimum atomic E-state index is -0.512. The molecule has 1 saturated heterocycles. The van der Waals surface area contributed by atoms with Crippen molar-refractivity contribution in [2.75, 3.05) is 70.1 Å². The first kappa shape index (κ1) is 38.2. The number of rotatable bonds is 16. The average Bonchev–Trinajstić information content (AvgIpc) is 3.13. The van der Waals surface area contributed by atoms with Crippen molar-refractivity contribution in [2.24, 2.45) is 0 Å². The topological polar surface area (TPSA) is 112 Å². The van der Waals surface area contributed by atoms with Crippen molar-refractivity contribution >= 4 is 29.1 Å². The maximum absolute atomic E-state index is 15.1. The van der Waals surface area contributed by atoms with E-state index in [1.165, 1.54) is 12.3 Å². The Morgan fingerprint density at radius 3 is 2.40 bits per heavy atom. The molecule has 0 atom stereocenters. The van der Waals surface area contributed by atoms with Crippen LogP contribution in [0.2, 0.25) is 0 Å². The van der Waals surface area contributed by atoms with Gasteiger partial charge in [-0.25, -0.2) is 9.37 Å². The zero-order chi connectivity index (χ0) is 37.0. The van der Waals surface area contributed by atoms with E-state index in [1.807, 2.05) is 64.1 Å². The largest absolute Gasteiger partial charge is 0.490 e. The van der Waals surface area contributed by atoms with Gasteiger partial charge in [-0.05, 0) is 88.5 Å². The first-order valence-electron chi connectivity index (χ1n) is 18.0. The molecule has 12 heteroatoms. The van der Waals surface area contributed by atoms with Crippen molar-refractivity contribution < 1.29 is 23.5 Å². The lowest BCUT2D eigenvalue weighted by Gasteiger charge is -2.32. The summed E-state index contributed by atoms with van der Waals surface area (Å²) in [7, 11) is 2.13. The SMILES string of the molecule is CCN(CC)C(=O)CCc1cccc(Oc2nc(Nc3ccc(OCCCN4CCN(C)CC4)c(F)c3)ncc2C(=O)Nc2c(C)cccc2C)c1. The minimum Gasteiger partial charge on any atom is -0.490 e. The highest BCUT2D eigenvalue weighted by Crippen LogP contribution is 2.29. The Bertz CT molecular complexity index is 1810. The van der Waals surface area contributed by atoms with Crippen LogP contribution in [-0.2, 0) is 11.2 Å². The number of amides is 2. The quantitative estimate of drug-likeness (QED) is 0.121. The van der Waals surface area contributed by atoms with Crippen molar-refractivity contribution in [1.29, 1.82) is 0 Å². The van der Waals surface area contributed by atoms with Crippen molar-refractivity contribution in [3.63, 3.8) is 0 Å². The monoisotopic (exact) mass is 711 g/mol. The first-order valence-corrected chi connectivity index (χ1v) is 18.0. The van der Waals surface area contributed by atoms with Crippen LogP contribution in [0.1, 0.15) is 53.7 Å². The number of ether oxygens (including phenoxy) is 2. The van der Waals surface area contributed by atoms with E-state index in [-0.39, 0.29) is 29.0 Å². The Labute approximate surface area is 306 Å². The number of piperazine rings is 1. The summed E-state index contributed by atoms with van der Waals surface area (Å²) < 4.78 is 27.1. The zero-order valence-corrected chi connectivity index (χ0v) is 30.9. The number of carbonyl (C=O) groups excluding carboxylic acids is 2. The number of likely N-dealkylation sites (N-methyl/N-ethyl adjacent to an activating group) is 1. The summed E-state index contributed by atoms with van der Waals surface area (Å²) in [5, 5.41) is 6.01. The molecule has 5 rings (SSSR count). The number of para-hydroxylation sites is 1. The van der Waals surface area contributed by atoms with Crippen LogP contribution < -0.4 is 20.1 Å². The van der Waals surface area contributed by atoms with Crippen molar-refractivity contribution in [3.05, 3.63) is 94.9 Å². The number of benzene rings is 3. The molecule has 2 N–H and O–H groups in total. The van der Waals surface area contributed by atoms with Gasteiger partial charge in [0.05, 0.1) is 6.61 Å². The summed E-state index contributed by atoms with van der Waals surface area (Å²) in [6, 6.07) is 17.7. The van der Waals surface area contributed by atoms with E-state index >= 15 is 4.39 Å². The Kier molecular flexibility index (Phi) is 13.5. The second kappa shape index (κ2) is 18.4. The number of anilines is 3. The molecule has 11 nitrogen and oxygen atoms in total. The fraction of sp³-hybridized carbons (Fsp3) is 0.400. The molecule has 0 saturated carbocycles. The van der Waals surface area contributed by atoms with Gasteiger partial charge in [0.25, 0.3) is 5.91 Å². The van der Waals surface area contributed by atoms with Crippen molar-refractivity contribution in [2.45, 2.75) is 47.0 Å². The Balaban J connectivity index is 1.30. The minimum absolute atomic E-state index is 0.0124. The third kappa shape index (κ3) is 10.5. The van der Waals surface area contributed by atoms with Crippen LogP contribution in [0.5, 0.6) is 17.4 Å². The van der Waals surface area contributed by atoms with Crippen molar-refractivity contribution in [3.8, 4) is 17.4 Å². The molecule has 0 aliphatic carbocycles. The van der Waals surface area contributed by atoms with Gasteiger partial charge < -0.3 is 34.8 Å². The van der Waals surface area contributed by atoms with Crippen LogP contribution in [0.3, 0.4) is 0 Å². The molecule has 52 heavy (non-hydrogen) atoms.